The van der Waals surface area contributed by atoms with E-state index in [4.69, 9.17) is 15.6 Å². The maximum Gasteiger partial charge on any atom is 0.242 e. The number of anilines is 2. The van der Waals surface area contributed by atoms with Crippen molar-refractivity contribution in [3.05, 3.63) is 6.33 Å². The van der Waals surface area contributed by atoms with Crippen LogP contribution in [0.2, 0.25) is 0 Å². The highest BCUT2D eigenvalue weighted by Gasteiger charge is 2.10. The highest BCUT2D eigenvalue weighted by atomic mass is 16.5. The number of rotatable bonds is 6. The zero-order chi connectivity index (χ0) is 12.0. The molecule has 0 fully saturated rings. The van der Waals surface area contributed by atoms with Gasteiger partial charge in [-0.1, -0.05) is 0 Å². The second kappa shape index (κ2) is 6.12. The van der Waals surface area contributed by atoms with Crippen molar-refractivity contribution in [2.75, 3.05) is 24.3 Å². The van der Waals surface area contributed by atoms with Crippen molar-refractivity contribution < 1.29 is 9.84 Å². The second-order valence-corrected chi connectivity index (χ2v) is 3.43. The first-order chi connectivity index (χ1) is 7.69. The van der Waals surface area contributed by atoms with E-state index in [1.807, 2.05) is 13.8 Å². The molecular weight excluding hydrogens is 208 g/mol. The molecule has 1 heterocycles. The molecule has 6 nitrogen and oxygen atoms in total. The highest BCUT2D eigenvalue weighted by Crippen LogP contribution is 2.25. The summed E-state index contributed by atoms with van der Waals surface area (Å²) >= 11 is 0. The smallest absolute Gasteiger partial charge is 0.242 e. The van der Waals surface area contributed by atoms with Crippen LogP contribution in [0.15, 0.2) is 6.33 Å². The SMILES string of the molecule is CCOc1ncnc(NC(C)CCO)c1N. The lowest BCUT2D eigenvalue weighted by atomic mass is 10.2. The van der Waals surface area contributed by atoms with Gasteiger partial charge in [0.25, 0.3) is 0 Å². The highest BCUT2D eigenvalue weighted by molar-refractivity contribution is 5.66. The molecule has 0 aliphatic carbocycles. The van der Waals surface area contributed by atoms with E-state index in [0.29, 0.717) is 30.4 Å². The van der Waals surface area contributed by atoms with Gasteiger partial charge in [-0.15, -0.1) is 0 Å². The quantitative estimate of drug-likeness (QED) is 0.659. The summed E-state index contributed by atoms with van der Waals surface area (Å²) in [6.07, 6.45) is 2.03. The van der Waals surface area contributed by atoms with E-state index in [0.717, 1.165) is 0 Å². The Hall–Kier alpha value is -1.56. The van der Waals surface area contributed by atoms with E-state index in [-0.39, 0.29) is 12.6 Å². The number of aliphatic hydroxyl groups is 1. The van der Waals surface area contributed by atoms with E-state index < -0.39 is 0 Å². The fourth-order valence-corrected chi connectivity index (χ4v) is 1.25. The maximum atomic E-state index is 8.79. The van der Waals surface area contributed by atoms with Crippen LogP contribution in [0.4, 0.5) is 11.5 Å². The van der Waals surface area contributed by atoms with E-state index in [1.54, 1.807) is 0 Å². The van der Waals surface area contributed by atoms with Crippen LogP contribution in [-0.2, 0) is 0 Å². The molecule has 0 saturated carbocycles. The topological polar surface area (TPSA) is 93.3 Å². The molecule has 4 N–H and O–H groups in total. The standard InChI is InChI=1S/C10H18N4O2/c1-3-16-10-8(11)9(12-6-13-10)14-7(2)4-5-15/h6-7,15H,3-5,11H2,1-2H3,(H,12,13,14). The first-order valence-corrected chi connectivity index (χ1v) is 5.29. The van der Waals surface area contributed by atoms with Crippen LogP contribution in [0.5, 0.6) is 5.88 Å². The van der Waals surface area contributed by atoms with Crippen LogP contribution < -0.4 is 15.8 Å². The van der Waals surface area contributed by atoms with E-state index in [2.05, 4.69) is 15.3 Å². The first kappa shape index (κ1) is 12.5. The molecule has 90 valence electrons. The monoisotopic (exact) mass is 226 g/mol. The lowest BCUT2D eigenvalue weighted by Crippen LogP contribution is -2.19. The lowest BCUT2D eigenvalue weighted by Gasteiger charge is -2.15. The van der Waals surface area contributed by atoms with Crippen molar-refractivity contribution in [3.63, 3.8) is 0 Å². The summed E-state index contributed by atoms with van der Waals surface area (Å²) < 4.78 is 5.25. The van der Waals surface area contributed by atoms with Gasteiger partial charge >= 0.3 is 0 Å². The summed E-state index contributed by atoms with van der Waals surface area (Å²) in [5, 5.41) is 11.9. The Morgan fingerprint density at radius 2 is 2.31 bits per heavy atom. The van der Waals surface area contributed by atoms with Crippen molar-refractivity contribution in [1.82, 2.24) is 9.97 Å². The predicted molar refractivity (Wildman–Crippen MR) is 62.4 cm³/mol. The molecule has 0 bridgehead atoms. The average Bonchev–Trinajstić information content (AvgIpc) is 2.24. The van der Waals surface area contributed by atoms with Crippen LogP contribution in [0.25, 0.3) is 0 Å². The Kier molecular flexibility index (Phi) is 4.78. The van der Waals surface area contributed by atoms with Gasteiger partial charge in [-0.25, -0.2) is 4.98 Å². The van der Waals surface area contributed by atoms with Crippen molar-refractivity contribution in [2.45, 2.75) is 26.3 Å². The van der Waals surface area contributed by atoms with Crippen LogP contribution in [0, 0.1) is 0 Å². The zero-order valence-corrected chi connectivity index (χ0v) is 9.60. The second-order valence-electron chi connectivity index (χ2n) is 3.43. The minimum absolute atomic E-state index is 0.0941. The van der Waals surface area contributed by atoms with Gasteiger partial charge in [-0.05, 0) is 20.3 Å². The largest absolute Gasteiger partial charge is 0.476 e. The maximum absolute atomic E-state index is 8.79. The molecule has 1 unspecified atom stereocenters. The van der Waals surface area contributed by atoms with E-state index in [1.165, 1.54) is 6.33 Å². The van der Waals surface area contributed by atoms with Crippen LogP contribution in [0.1, 0.15) is 20.3 Å². The average molecular weight is 226 g/mol. The number of nitrogens with two attached hydrogens (primary N) is 1. The van der Waals surface area contributed by atoms with Crippen LogP contribution >= 0.6 is 0 Å². The molecule has 1 aromatic heterocycles. The van der Waals surface area contributed by atoms with Crippen molar-refractivity contribution >= 4 is 11.5 Å². The number of aromatic nitrogens is 2. The van der Waals surface area contributed by atoms with E-state index >= 15 is 0 Å². The molecule has 0 radical (unpaired) electrons. The van der Waals surface area contributed by atoms with Gasteiger partial charge in [0, 0.05) is 12.6 Å². The Morgan fingerprint density at radius 1 is 1.56 bits per heavy atom. The molecular formula is C10H18N4O2. The summed E-state index contributed by atoms with van der Waals surface area (Å²) in [4.78, 5) is 7.97. The molecule has 0 spiro atoms. The normalized spacial score (nSPS) is 12.2. The van der Waals surface area contributed by atoms with E-state index in [9.17, 15) is 0 Å². The summed E-state index contributed by atoms with van der Waals surface area (Å²) in [5.74, 6) is 0.926. The molecule has 1 atom stereocenters. The molecule has 1 aromatic rings. The number of aliphatic hydroxyl groups excluding tert-OH is 1. The number of hydrogen-bond acceptors (Lipinski definition) is 6. The lowest BCUT2D eigenvalue weighted by molar-refractivity contribution is 0.282. The predicted octanol–water partition coefficient (Wildman–Crippen LogP) is 0.640. The summed E-state index contributed by atoms with van der Waals surface area (Å²) in [6, 6.07) is 0.0941. The summed E-state index contributed by atoms with van der Waals surface area (Å²) in [7, 11) is 0. The molecule has 0 aliphatic heterocycles. The van der Waals surface area contributed by atoms with Gasteiger partial charge in [0.15, 0.2) is 5.82 Å². The number of nitrogen functional groups attached to an aromatic ring is 1. The minimum atomic E-state index is 0.0941. The Bertz CT molecular complexity index is 333. The molecule has 0 amide bonds. The van der Waals surface area contributed by atoms with Gasteiger partial charge in [0.2, 0.25) is 5.88 Å². The Labute approximate surface area is 94.9 Å². The summed E-state index contributed by atoms with van der Waals surface area (Å²) in [5.41, 5.74) is 6.24. The third kappa shape index (κ3) is 3.23. The molecule has 6 heteroatoms. The van der Waals surface area contributed by atoms with Gasteiger partial charge in [0.1, 0.15) is 12.0 Å². The van der Waals surface area contributed by atoms with Crippen LogP contribution in [-0.4, -0.2) is 34.3 Å². The fraction of sp³-hybridized carbons (Fsp3) is 0.600. The van der Waals surface area contributed by atoms with Gasteiger partial charge in [-0.2, -0.15) is 4.98 Å². The Morgan fingerprint density at radius 3 is 2.94 bits per heavy atom. The van der Waals surface area contributed by atoms with Crippen molar-refractivity contribution in [3.8, 4) is 5.88 Å². The Balaban J connectivity index is 2.76. The van der Waals surface area contributed by atoms with Crippen molar-refractivity contribution in [1.29, 1.82) is 0 Å². The van der Waals surface area contributed by atoms with Crippen molar-refractivity contribution in [2.24, 2.45) is 0 Å². The third-order valence-corrected chi connectivity index (χ3v) is 2.07. The molecule has 0 aliphatic rings. The zero-order valence-electron chi connectivity index (χ0n) is 9.60. The first-order valence-electron chi connectivity index (χ1n) is 5.29. The number of hydrogen-bond donors (Lipinski definition) is 3. The molecule has 1 rings (SSSR count). The third-order valence-electron chi connectivity index (χ3n) is 2.07. The fourth-order valence-electron chi connectivity index (χ4n) is 1.25. The number of nitrogens with zero attached hydrogens (tertiary/aromatic N) is 2. The molecule has 0 saturated heterocycles. The summed E-state index contributed by atoms with van der Waals surface area (Å²) in [6.45, 7) is 4.44. The van der Waals surface area contributed by atoms with Gasteiger partial charge in [0.05, 0.1) is 6.61 Å². The van der Waals surface area contributed by atoms with Gasteiger partial charge in [-0.3, -0.25) is 0 Å². The number of ether oxygens (including phenoxy) is 1. The van der Waals surface area contributed by atoms with Gasteiger partial charge < -0.3 is 20.9 Å². The molecule has 0 aromatic carbocycles. The molecule has 16 heavy (non-hydrogen) atoms. The number of nitrogens with one attached hydrogen (secondary N) is 1. The van der Waals surface area contributed by atoms with Crippen LogP contribution in [0.3, 0.4) is 0 Å². The minimum Gasteiger partial charge on any atom is -0.476 e.